The first kappa shape index (κ1) is 22.0. The van der Waals surface area contributed by atoms with Crippen molar-refractivity contribution in [3.8, 4) is 5.75 Å². The van der Waals surface area contributed by atoms with Gasteiger partial charge in [0, 0.05) is 24.0 Å². The summed E-state index contributed by atoms with van der Waals surface area (Å²) in [5.41, 5.74) is 1.46. The van der Waals surface area contributed by atoms with Crippen molar-refractivity contribution in [3.05, 3.63) is 82.0 Å². The van der Waals surface area contributed by atoms with Crippen molar-refractivity contribution < 1.29 is 17.9 Å². The van der Waals surface area contributed by atoms with Crippen LogP contribution in [0.2, 0.25) is 0 Å². The molecule has 3 aromatic rings. The second kappa shape index (κ2) is 9.88. The molecule has 30 heavy (non-hydrogen) atoms. The van der Waals surface area contributed by atoms with Crippen LogP contribution >= 0.6 is 11.3 Å². The third-order valence-corrected chi connectivity index (χ3v) is 6.85. The summed E-state index contributed by atoms with van der Waals surface area (Å²) in [5, 5.41) is 1.90. The number of ether oxygens (including phenoxy) is 1. The topological polar surface area (TPSA) is 75.7 Å². The van der Waals surface area contributed by atoms with Gasteiger partial charge in [-0.2, -0.15) is 0 Å². The Hall–Kier alpha value is -2.68. The Kier molecular flexibility index (Phi) is 7.25. The molecule has 0 aliphatic heterocycles. The van der Waals surface area contributed by atoms with Crippen LogP contribution in [0.1, 0.15) is 20.8 Å². The number of carbonyl (C=O) groups is 1. The van der Waals surface area contributed by atoms with E-state index in [-0.39, 0.29) is 17.3 Å². The number of hydrogen-bond donors (Lipinski definition) is 1. The smallest absolute Gasteiger partial charge is 0.253 e. The molecule has 0 atom stereocenters. The number of carbonyl (C=O) groups excluding carboxylic acids is 1. The molecule has 0 fully saturated rings. The minimum atomic E-state index is -3.64. The van der Waals surface area contributed by atoms with Gasteiger partial charge >= 0.3 is 0 Å². The normalized spacial score (nSPS) is 11.3. The van der Waals surface area contributed by atoms with Crippen molar-refractivity contribution in [2.75, 3.05) is 20.2 Å². The molecule has 1 aromatic heterocycles. The first-order valence-corrected chi connectivity index (χ1v) is 11.8. The summed E-state index contributed by atoms with van der Waals surface area (Å²) in [7, 11) is -1.94. The zero-order valence-electron chi connectivity index (χ0n) is 16.9. The Morgan fingerprint density at radius 1 is 1.07 bits per heavy atom. The second-order valence-corrected chi connectivity index (χ2v) is 9.57. The van der Waals surface area contributed by atoms with Gasteiger partial charge in [0.1, 0.15) is 12.4 Å². The fourth-order valence-electron chi connectivity index (χ4n) is 2.77. The number of hydrogen-bond acceptors (Lipinski definition) is 5. The zero-order valence-corrected chi connectivity index (χ0v) is 18.5. The number of rotatable bonds is 9. The number of aryl methyl sites for hydroxylation is 1. The number of amides is 1. The highest BCUT2D eigenvalue weighted by atomic mass is 32.2. The lowest BCUT2D eigenvalue weighted by molar-refractivity contribution is 0.0773. The van der Waals surface area contributed by atoms with Crippen LogP contribution in [0.5, 0.6) is 5.75 Å². The summed E-state index contributed by atoms with van der Waals surface area (Å²) in [6, 6.07) is 17.4. The van der Waals surface area contributed by atoms with Crippen LogP contribution in [-0.2, 0) is 16.6 Å². The van der Waals surface area contributed by atoms with Crippen LogP contribution in [0.15, 0.2) is 70.9 Å². The quantitative estimate of drug-likeness (QED) is 0.546. The lowest BCUT2D eigenvalue weighted by Gasteiger charge is -2.18. The van der Waals surface area contributed by atoms with Crippen molar-refractivity contribution in [2.24, 2.45) is 0 Å². The maximum atomic E-state index is 12.6. The van der Waals surface area contributed by atoms with Gasteiger partial charge in [0.05, 0.1) is 11.4 Å². The van der Waals surface area contributed by atoms with Gasteiger partial charge in [-0.1, -0.05) is 24.3 Å². The highest BCUT2D eigenvalue weighted by Crippen LogP contribution is 2.17. The van der Waals surface area contributed by atoms with Crippen molar-refractivity contribution in [1.29, 1.82) is 0 Å². The number of sulfonamides is 1. The van der Waals surface area contributed by atoms with E-state index in [9.17, 15) is 13.2 Å². The number of para-hydroxylation sites is 1. The summed E-state index contributed by atoms with van der Waals surface area (Å²) < 4.78 is 33.2. The van der Waals surface area contributed by atoms with E-state index < -0.39 is 10.0 Å². The van der Waals surface area contributed by atoms with E-state index in [1.165, 1.54) is 35.6 Å². The summed E-state index contributed by atoms with van der Waals surface area (Å²) in [4.78, 5) is 15.2. The van der Waals surface area contributed by atoms with Crippen molar-refractivity contribution in [1.82, 2.24) is 9.62 Å². The molecule has 0 radical (unpaired) electrons. The molecule has 1 amide bonds. The average Bonchev–Trinajstić information content (AvgIpc) is 3.27. The summed E-state index contributed by atoms with van der Waals surface area (Å²) in [5.74, 6) is 0.599. The van der Waals surface area contributed by atoms with Crippen LogP contribution in [0.3, 0.4) is 0 Å². The molecule has 1 heterocycles. The van der Waals surface area contributed by atoms with E-state index in [1.54, 1.807) is 11.9 Å². The third kappa shape index (κ3) is 5.69. The number of likely N-dealkylation sites (N-methyl/N-ethyl adjacent to an activating group) is 1. The minimum absolute atomic E-state index is 0.126. The summed E-state index contributed by atoms with van der Waals surface area (Å²) in [6.07, 6.45) is 0. The van der Waals surface area contributed by atoms with Crippen LogP contribution in [0, 0.1) is 6.92 Å². The van der Waals surface area contributed by atoms with Gasteiger partial charge in [-0.15, -0.1) is 11.3 Å². The fourth-order valence-corrected chi connectivity index (χ4v) is 4.51. The predicted octanol–water partition coefficient (Wildman–Crippen LogP) is 3.69. The molecule has 0 spiro atoms. The molecular weight excluding hydrogens is 420 g/mol. The molecule has 0 unspecified atom stereocenters. The molecule has 2 aromatic carbocycles. The number of benzene rings is 2. The fraction of sp³-hybridized carbons (Fsp3) is 0.227. The third-order valence-electron chi connectivity index (χ3n) is 4.55. The van der Waals surface area contributed by atoms with Gasteiger partial charge in [-0.3, -0.25) is 4.79 Å². The number of nitrogens with zero attached hydrogens (tertiary/aromatic N) is 1. The monoisotopic (exact) mass is 444 g/mol. The minimum Gasteiger partial charge on any atom is -0.491 e. The van der Waals surface area contributed by atoms with Crippen molar-refractivity contribution in [3.63, 3.8) is 0 Å². The first-order valence-electron chi connectivity index (χ1n) is 9.43. The van der Waals surface area contributed by atoms with Crippen LogP contribution < -0.4 is 9.46 Å². The van der Waals surface area contributed by atoms with E-state index in [4.69, 9.17) is 4.74 Å². The van der Waals surface area contributed by atoms with Crippen LogP contribution in [-0.4, -0.2) is 39.4 Å². The van der Waals surface area contributed by atoms with Gasteiger partial charge in [0.25, 0.3) is 5.91 Å². The lowest BCUT2D eigenvalue weighted by Crippen LogP contribution is -2.31. The molecule has 6 nitrogen and oxygen atoms in total. The molecule has 0 aliphatic rings. The Balaban J connectivity index is 1.55. The molecule has 0 saturated carbocycles. The Bertz CT molecular complexity index is 1080. The Morgan fingerprint density at radius 3 is 2.47 bits per heavy atom. The van der Waals surface area contributed by atoms with Gasteiger partial charge in [0.15, 0.2) is 0 Å². The lowest BCUT2D eigenvalue weighted by atomic mass is 10.2. The highest BCUT2D eigenvalue weighted by molar-refractivity contribution is 7.89. The molecule has 1 N–H and O–H groups in total. The summed E-state index contributed by atoms with van der Waals surface area (Å²) in [6.45, 7) is 2.99. The molecule has 0 bridgehead atoms. The maximum Gasteiger partial charge on any atom is 0.253 e. The van der Waals surface area contributed by atoms with E-state index in [2.05, 4.69) is 4.72 Å². The zero-order chi connectivity index (χ0) is 21.6. The maximum absolute atomic E-state index is 12.6. The molecule has 3 rings (SSSR count). The molecule has 0 aliphatic carbocycles. The first-order chi connectivity index (χ1) is 14.4. The molecular formula is C22H24N2O4S2. The van der Waals surface area contributed by atoms with E-state index in [0.29, 0.717) is 18.7 Å². The van der Waals surface area contributed by atoms with Crippen molar-refractivity contribution in [2.45, 2.75) is 18.4 Å². The Morgan fingerprint density at radius 2 is 1.80 bits per heavy atom. The van der Waals surface area contributed by atoms with Crippen LogP contribution in [0.4, 0.5) is 0 Å². The summed E-state index contributed by atoms with van der Waals surface area (Å²) >= 11 is 1.49. The molecule has 158 valence electrons. The largest absolute Gasteiger partial charge is 0.491 e. The number of thiophene rings is 1. The van der Waals surface area contributed by atoms with Gasteiger partial charge in [-0.25, -0.2) is 13.1 Å². The predicted molar refractivity (Wildman–Crippen MR) is 118 cm³/mol. The van der Waals surface area contributed by atoms with Gasteiger partial charge < -0.3 is 9.64 Å². The van der Waals surface area contributed by atoms with Crippen LogP contribution in [0.25, 0.3) is 0 Å². The van der Waals surface area contributed by atoms with Gasteiger partial charge in [-0.05, 0) is 54.3 Å². The standard InChI is InChI=1S/C22H24N2O4S2/c1-17-6-3-4-8-21(17)28-14-13-24(2)22(25)18-9-11-20(12-10-18)30(26,27)23-16-19-7-5-15-29-19/h3-12,15,23H,13-14,16H2,1-2H3. The average molecular weight is 445 g/mol. The highest BCUT2D eigenvalue weighted by Gasteiger charge is 2.16. The van der Waals surface area contributed by atoms with Crippen molar-refractivity contribution >= 4 is 27.3 Å². The SMILES string of the molecule is Cc1ccccc1OCCN(C)C(=O)c1ccc(S(=O)(=O)NCc2cccs2)cc1. The van der Waals surface area contributed by atoms with E-state index in [0.717, 1.165) is 16.2 Å². The molecule has 0 saturated heterocycles. The van der Waals surface area contributed by atoms with Gasteiger partial charge in [0.2, 0.25) is 10.0 Å². The molecule has 8 heteroatoms. The second-order valence-electron chi connectivity index (χ2n) is 6.77. The van der Waals surface area contributed by atoms with E-state index >= 15 is 0 Å². The van der Waals surface area contributed by atoms with E-state index in [1.807, 2.05) is 48.7 Å². The Labute approximate surface area is 181 Å². The number of nitrogens with one attached hydrogen (secondary N) is 1.